The first-order valence-corrected chi connectivity index (χ1v) is 7.72. The van der Waals surface area contributed by atoms with Crippen LogP contribution >= 0.6 is 11.8 Å². The second-order valence-corrected chi connectivity index (χ2v) is 5.85. The van der Waals surface area contributed by atoms with Gasteiger partial charge in [0.15, 0.2) is 0 Å². The summed E-state index contributed by atoms with van der Waals surface area (Å²) < 4.78 is 0. The van der Waals surface area contributed by atoms with Gasteiger partial charge in [0.25, 0.3) is 0 Å². The first-order valence-electron chi connectivity index (χ1n) is 6.57. The maximum atomic E-state index is 3.66. The molecule has 0 aliphatic carbocycles. The van der Waals surface area contributed by atoms with Gasteiger partial charge in [-0.05, 0) is 43.7 Å². The number of hydrogen-bond acceptors (Lipinski definition) is 2. The Kier molecular flexibility index (Phi) is 6.68. The molecule has 2 heteroatoms. The summed E-state index contributed by atoms with van der Waals surface area (Å²) in [5, 5.41) is 3.66. The lowest BCUT2D eigenvalue weighted by Crippen LogP contribution is -2.25. The van der Waals surface area contributed by atoms with Gasteiger partial charge in [0, 0.05) is 11.8 Å². The molecule has 1 unspecified atom stereocenters. The zero-order valence-electron chi connectivity index (χ0n) is 11.5. The van der Waals surface area contributed by atoms with Gasteiger partial charge < -0.3 is 5.32 Å². The third-order valence-corrected chi connectivity index (χ3v) is 3.91. The summed E-state index contributed by atoms with van der Waals surface area (Å²) in [5.41, 5.74) is 4.23. The maximum absolute atomic E-state index is 3.66. The highest BCUT2D eigenvalue weighted by atomic mass is 32.2. The zero-order chi connectivity index (χ0) is 12.7. The summed E-state index contributed by atoms with van der Waals surface area (Å²) >= 11 is 2.01. The highest BCUT2D eigenvalue weighted by molar-refractivity contribution is 7.99. The fourth-order valence-electron chi connectivity index (χ4n) is 2.03. The van der Waals surface area contributed by atoms with Crippen LogP contribution in [0.4, 0.5) is 0 Å². The molecule has 1 N–H and O–H groups in total. The summed E-state index contributed by atoms with van der Waals surface area (Å²) in [6.45, 7) is 9.93. The van der Waals surface area contributed by atoms with Gasteiger partial charge in [-0.3, -0.25) is 0 Å². The Labute approximate surface area is 110 Å². The smallest absolute Gasteiger partial charge is 0.0414 e. The molecule has 0 aromatic heterocycles. The molecule has 0 fully saturated rings. The molecule has 0 saturated carbocycles. The molecule has 0 heterocycles. The van der Waals surface area contributed by atoms with Crippen molar-refractivity contribution in [1.82, 2.24) is 5.32 Å². The van der Waals surface area contributed by atoms with E-state index in [9.17, 15) is 0 Å². The van der Waals surface area contributed by atoms with Crippen LogP contribution in [-0.2, 0) is 0 Å². The molecular formula is C15H25NS. The van der Waals surface area contributed by atoms with Gasteiger partial charge in [-0.1, -0.05) is 37.6 Å². The molecule has 1 aromatic rings. The second-order valence-electron chi connectivity index (χ2n) is 4.53. The van der Waals surface area contributed by atoms with Crippen molar-refractivity contribution < 1.29 is 0 Å². The highest BCUT2D eigenvalue weighted by Gasteiger charge is 2.12. The van der Waals surface area contributed by atoms with Crippen molar-refractivity contribution in [3.05, 3.63) is 34.9 Å². The van der Waals surface area contributed by atoms with Crippen LogP contribution in [0.1, 0.15) is 43.0 Å². The molecule has 0 aliphatic rings. The Bertz CT molecular complexity index is 328. The number of nitrogens with one attached hydrogen (secondary N) is 1. The van der Waals surface area contributed by atoms with Crippen LogP contribution in [0.2, 0.25) is 0 Å². The Balaban J connectivity index is 2.79. The standard InChI is InChI=1S/C15H25NS/c1-5-9-16-15(11-17-6-2)14-8-7-12(3)10-13(14)4/h7-8,10,15-16H,5-6,9,11H2,1-4H3. The fourth-order valence-corrected chi connectivity index (χ4v) is 2.80. The second kappa shape index (κ2) is 7.78. The van der Waals surface area contributed by atoms with E-state index in [0.717, 1.165) is 6.54 Å². The van der Waals surface area contributed by atoms with Crippen LogP contribution in [-0.4, -0.2) is 18.1 Å². The molecule has 1 atom stereocenters. The van der Waals surface area contributed by atoms with E-state index in [0.29, 0.717) is 6.04 Å². The molecule has 1 nitrogen and oxygen atoms in total. The largest absolute Gasteiger partial charge is 0.309 e. The van der Waals surface area contributed by atoms with Crippen LogP contribution in [0.5, 0.6) is 0 Å². The molecule has 96 valence electrons. The fraction of sp³-hybridized carbons (Fsp3) is 0.600. The number of rotatable bonds is 7. The normalized spacial score (nSPS) is 12.7. The van der Waals surface area contributed by atoms with Gasteiger partial charge in [-0.2, -0.15) is 11.8 Å². The topological polar surface area (TPSA) is 12.0 Å². The van der Waals surface area contributed by atoms with Crippen molar-refractivity contribution in [2.24, 2.45) is 0 Å². The third-order valence-electron chi connectivity index (χ3n) is 2.93. The van der Waals surface area contributed by atoms with Crippen molar-refractivity contribution in [2.75, 3.05) is 18.1 Å². The number of thioether (sulfide) groups is 1. The predicted molar refractivity (Wildman–Crippen MR) is 79.9 cm³/mol. The molecule has 0 spiro atoms. The summed E-state index contributed by atoms with van der Waals surface area (Å²) in [6, 6.07) is 7.29. The monoisotopic (exact) mass is 251 g/mol. The minimum Gasteiger partial charge on any atom is -0.309 e. The van der Waals surface area contributed by atoms with Crippen LogP contribution in [0, 0.1) is 13.8 Å². The average Bonchev–Trinajstić information content (AvgIpc) is 2.30. The van der Waals surface area contributed by atoms with E-state index < -0.39 is 0 Å². The lowest BCUT2D eigenvalue weighted by molar-refractivity contribution is 0.575. The SMILES string of the molecule is CCCNC(CSCC)c1ccc(C)cc1C. The van der Waals surface area contributed by atoms with E-state index in [1.165, 1.54) is 34.6 Å². The van der Waals surface area contributed by atoms with Crippen molar-refractivity contribution >= 4 is 11.8 Å². The van der Waals surface area contributed by atoms with Gasteiger partial charge in [0.05, 0.1) is 0 Å². The van der Waals surface area contributed by atoms with Gasteiger partial charge in [-0.25, -0.2) is 0 Å². The minimum absolute atomic E-state index is 0.500. The lowest BCUT2D eigenvalue weighted by atomic mass is 10.00. The van der Waals surface area contributed by atoms with E-state index in [2.05, 4.69) is 51.2 Å². The number of aryl methyl sites for hydroxylation is 2. The molecule has 1 aromatic carbocycles. The van der Waals surface area contributed by atoms with E-state index in [-0.39, 0.29) is 0 Å². The molecule has 0 radical (unpaired) electrons. The summed E-state index contributed by atoms with van der Waals surface area (Å²) in [5.74, 6) is 2.36. The number of hydrogen-bond donors (Lipinski definition) is 1. The van der Waals surface area contributed by atoms with E-state index in [4.69, 9.17) is 0 Å². The highest BCUT2D eigenvalue weighted by Crippen LogP contribution is 2.22. The van der Waals surface area contributed by atoms with Crippen molar-refractivity contribution in [3.8, 4) is 0 Å². The van der Waals surface area contributed by atoms with Gasteiger partial charge in [0.2, 0.25) is 0 Å². The number of benzene rings is 1. The Morgan fingerprint density at radius 3 is 2.59 bits per heavy atom. The molecular weight excluding hydrogens is 226 g/mol. The van der Waals surface area contributed by atoms with Gasteiger partial charge in [-0.15, -0.1) is 0 Å². The van der Waals surface area contributed by atoms with Gasteiger partial charge >= 0.3 is 0 Å². The zero-order valence-corrected chi connectivity index (χ0v) is 12.4. The first kappa shape index (κ1) is 14.6. The van der Waals surface area contributed by atoms with E-state index >= 15 is 0 Å². The van der Waals surface area contributed by atoms with Crippen LogP contribution in [0.3, 0.4) is 0 Å². The summed E-state index contributed by atoms with van der Waals surface area (Å²) in [7, 11) is 0. The Morgan fingerprint density at radius 1 is 1.24 bits per heavy atom. The molecule has 17 heavy (non-hydrogen) atoms. The maximum Gasteiger partial charge on any atom is 0.0414 e. The van der Waals surface area contributed by atoms with Crippen LogP contribution < -0.4 is 5.32 Å². The van der Waals surface area contributed by atoms with Crippen LogP contribution in [0.25, 0.3) is 0 Å². The van der Waals surface area contributed by atoms with Gasteiger partial charge in [0.1, 0.15) is 0 Å². The lowest BCUT2D eigenvalue weighted by Gasteiger charge is -2.20. The van der Waals surface area contributed by atoms with Crippen molar-refractivity contribution in [3.63, 3.8) is 0 Å². The van der Waals surface area contributed by atoms with Crippen LogP contribution in [0.15, 0.2) is 18.2 Å². The molecule has 1 rings (SSSR count). The Hall–Kier alpha value is -0.470. The molecule has 0 amide bonds. The van der Waals surface area contributed by atoms with Crippen molar-refractivity contribution in [2.45, 2.75) is 40.2 Å². The molecule has 0 saturated heterocycles. The average molecular weight is 251 g/mol. The molecule has 0 aliphatic heterocycles. The van der Waals surface area contributed by atoms with E-state index in [1.807, 2.05) is 11.8 Å². The summed E-state index contributed by atoms with van der Waals surface area (Å²) in [4.78, 5) is 0. The van der Waals surface area contributed by atoms with E-state index in [1.54, 1.807) is 0 Å². The molecule has 0 bridgehead atoms. The first-order chi connectivity index (χ1) is 8.19. The summed E-state index contributed by atoms with van der Waals surface area (Å²) in [6.07, 6.45) is 1.19. The predicted octanol–water partition coefficient (Wildman–Crippen LogP) is 4.10. The van der Waals surface area contributed by atoms with Crippen molar-refractivity contribution in [1.29, 1.82) is 0 Å². The minimum atomic E-state index is 0.500. The Morgan fingerprint density at radius 2 is 2.00 bits per heavy atom. The quantitative estimate of drug-likeness (QED) is 0.783. The third kappa shape index (κ3) is 4.72.